The van der Waals surface area contributed by atoms with E-state index in [-0.39, 0.29) is 29.8 Å². The van der Waals surface area contributed by atoms with Crippen LogP contribution in [0.5, 0.6) is 0 Å². The van der Waals surface area contributed by atoms with Gasteiger partial charge >= 0.3 is 0 Å². The average Bonchev–Trinajstić information content (AvgIpc) is 3.08. The van der Waals surface area contributed by atoms with Gasteiger partial charge in [-0.15, -0.1) is 11.3 Å². The molecule has 5 nitrogen and oxygen atoms in total. The van der Waals surface area contributed by atoms with Crippen LogP contribution in [0.2, 0.25) is 0 Å². The van der Waals surface area contributed by atoms with E-state index < -0.39 is 21.5 Å². The lowest BCUT2D eigenvalue weighted by Gasteiger charge is -2.06. The molecule has 1 amide bonds. The Labute approximate surface area is 141 Å². The summed E-state index contributed by atoms with van der Waals surface area (Å²) >= 11 is 1.16. The van der Waals surface area contributed by atoms with Crippen molar-refractivity contribution >= 4 is 32.2 Å². The summed E-state index contributed by atoms with van der Waals surface area (Å²) in [5.41, 5.74) is 0.838. The van der Waals surface area contributed by atoms with Crippen LogP contribution in [0, 0.1) is 17.6 Å². The van der Waals surface area contributed by atoms with Gasteiger partial charge in [-0.25, -0.2) is 22.2 Å². The van der Waals surface area contributed by atoms with Crippen LogP contribution in [0.3, 0.4) is 0 Å². The molecule has 1 aromatic heterocycles. The number of amides is 1. The van der Waals surface area contributed by atoms with E-state index in [1.165, 1.54) is 6.07 Å². The van der Waals surface area contributed by atoms with Crippen LogP contribution in [0.1, 0.15) is 12.8 Å². The normalized spacial score (nSPS) is 19.3. The van der Waals surface area contributed by atoms with Crippen LogP contribution >= 0.6 is 11.3 Å². The Morgan fingerprint density at radius 3 is 2.79 bits per heavy atom. The third kappa shape index (κ3) is 3.96. The molecule has 1 aliphatic rings. The number of nitrogens with one attached hydrogen (secondary N) is 1. The molecule has 0 radical (unpaired) electrons. The van der Waals surface area contributed by atoms with E-state index in [9.17, 15) is 22.0 Å². The summed E-state index contributed by atoms with van der Waals surface area (Å²) in [5, 5.41) is 4.58. The molecule has 0 spiro atoms. The topological polar surface area (TPSA) is 76.1 Å². The first-order valence-corrected chi connectivity index (χ1v) is 9.94. The Kier molecular flexibility index (Phi) is 4.64. The number of aromatic nitrogens is 1. The van der Waals surface area contributed by atoms with Gasteiger partial charge in [0.15, 0.2) is 26.6 Å². The second-order valence-electron chi connectivity index (χ2n) is 5.69. The van der Waals surface area contributed by atoms with E-state index in [1.807, 2.05) is 0 Å². The highest BCUT2D eigenvalue weighted by Gasteiger charge is 2.29. The summed E-state index contributed by atoms with van der Waals surface area (Å²) in [4.78, 5) is 16.1. The minimum absolute atomic E-state index is 0.0401. The van der Waals surface area contributed by atoms with Crippen LogP contribution in [0.4, 0.5) is 13.9 Å². The molecule has 1 aliphatic heterocycles. The number of nitrogens with zero attached hydrogens (tertiary/aromatic N) is 1. The molecule has 9 heteroatoms. The van der Waals surface area contributed by atoms with Gasteiger partial charge in [-0.3, -0.25) is 4.79 Å². The smallest absolute Gasteiger partial charge is 0.226 e. The number of hydrogen-bond donors (Lipinski definition) is 1. The monoisotopic (exact) mass is 372 g/mol. The molecular formula is C15H14F2N2O3S2. The van der Waals surface area contributed by atoms with Gasteiger partial charge in [0.1, 0.15) is 0 Å². The third-order valence-electron chi connectivity index (χ3n) is 3.77. The molecule has 2 heterocycles. The average molecular weight is 372 g/mol. The van der Waals surface area contributed by atoms with Gasteiger partial charge in [-0.05, 0) is 30.5 Å². The number of hydrogen-bond acceptors (Lipinski definition) is 5. The predicted molar refractivity (Wildman–Crippen MR) is 87.5 cm³/mol. The second-order valence-corrected chi connectivity index (χ2v) is 8.77. The number of sulfone groups is 1. The summed E-state index contributed by atoms with van der Waals surface area (Å²) < 4.78 is 49.0. The van der Waals surface area contributed by atoms with Crippen LogP contribution in [0.15, 0.2) is 23.6 Å². The summed E-state index contributed by atoms with van der Waals surface area (Å²) in [6.45, 7) is 0. The minimum Gasteiger partial charge on any atom is -0.302 e. The molecular weight excluding hydrogens is 358 g/mol. The molecule has 1 atom stereocenters. The Hall–Kier alpha value is -1.87. The zero-order chi connectivity index (χ0) is 17.3. The molecule has 1 N–H and O–H groups in total. The molecule has 1 unspecified atom stereocenters. The summed E-state index contributed by atoms with van der Waals surface area (Å²) in [7, 11) is -3.01. The number of carbonyl (C=O) groups excluding carboxylic acids is 1. The van der Waals surface area contributed by atoms with Crippen molar-refractivity contribution in [1.29, 1.82) is 0 Å². The van der Waals surface area contributed by atoms with Gasteiger partial charge in [-0.1, -0.05) is 0 Å². The zero-order valence-electron chi connectivity index (χ0n) is 12.5. The third-order valence-corrected chi connectivity index (χ3v) is 6.36. The van der Waals surface area contributed by atoms with E-state index in [1.54, 1.807) is 5.38 Å². The molecule has 1 fully saturated rings. The van der Waals surface area contributed by atoms with Gasteiger partial charge in [0, 0.05) is 17.4 Å². The van der Waals surface area contributed by atoms with Gasteiger partial charge in [-0.2, -0.15) is 0 Å². The Bertz CT molecular complexity index is 881. The predicted octanol–water partition coefficient (Wildman–Crippen LogP) is 2.85. The van der Waals surface area contributed by atoms with E-state index in [2.05, 4.69) is 10.3 Å². The molecule has 0 bridgehead atoms. The first-order valence-electron chi connectivity index (χ1n) is 7.23. The minimum atomic E-state index is -3.01. The van der Waals surface area contributed by atoms with E-state index in [0.717, 1.165) is 23.5 Å². The second kappa shape index (κ2) is 6.56. The summed E-state index contributed by atoms with van der Waals surface area (Å²) in [6, 6.07) is 3.46. The Morgan fingerprint density at radius 2 is 2.12 bits per heavy atom. The van der Waals surface area contributed by atoms with Crippen molar-refractivity contribution in [2.45, 2.75) is 12.8 Å². The number of benzene rings is 1. The lowest BCUT2D eigenvalue weighted by molar-refractivity contribution is -0.116. The summed E-state index contributed by atoms with van der Waals surface area (Å²) in [6.07, 6.45) is 0.618. The summed E-state index contributed by atoms with van der Waals surface area (Å²) in [5.74, 6) is -2.20. The van der Waals surface area contributed by atoms with Gasteiger partial charge in [0.2, 0.25) is 5.91 Å². The van der Waals surface area contributed by atoms with Crippen LogP contribution in [0.25, 0.3) is 11.3 Å². The van der Waals surface area contributed by atoms with Crippen LogP contribution in [-0.4, -0.2) is 30.8 Å². The largest absolute Gasteiger partial charge is 0.302 e. The molecule has 0 aliphatic carbocycles. The molecule has 1 saturated heterocycles. The number of carbonyl (C=O) groups is 1. The molecule has 0 saturated carbocycles. The molecule has 128 valence electrons. The van der Waals surface area contributed by atoms with Gasteiger partial charge in [0.25, 0.3) is 0 Å². The van der Waals surface area contributed by atoms with Crippen molar-refractivity contribution in [3.63, 3.8) is 0 Å². The van der Waals surface area contributed by atoms with E-state index in [4.69, 9.17) is 0 Å². The highest BCUT2D eigenvalue weighted by Crippen LogP contribution is 2.27. The van der Waals surface area contributed by atoms with E-state index in [0.29, 0.717) is 22.8 Å². The fraction of sp³-hybridized carbons (Fsp3) is 0.333. The fourth-order valence-corrected chi connectivity index (χ4v) is 5.18. The molecule has 2 aromatic rings. The lowest BCUT2D eigenvalue weighted by Crippen LogP contribution is -2.17. The molecule has 3 rings (SSSR count). The Balaban J connectivity index is 1.63. The highest BCUT2D eigenvalue weighted by molar-refractivity contribution is 7.91. The van der Waals surface area contributed by atoms with Crippen molar-refractivity contribution < 1.29 is 22.0 Å². The molecule has 24 heavy (non-hydrogen) atoms. The van der Waals surface area contributed by atoms with Crippen molar-refractivity contribution in [3.05, 3.63) is 35.2 Å². The van der Waals surface area contributed by atoms with Crippen molar-refractivity contribution in [1.82, 2.24) is 4.98 Å². The first-order chi connectivity index (χ1) is 11.3. The van der Waals surface area contributed by atoms with Gasteiger partial charge < -0.3 is 5.32 Å². The van der Waals surface area contributed by atoms with Gasteiger partial charge in [0.05, 0.1) is 17.2 Å². The quantitative estimate of drug-likeness (QED) is 0.895. The maximum Gasteiger partial charge on any atom is 0.226 e. The van der Waals surface area contributed by atoms with Crippen molar-refractivity contribution in [2.75, 3.05) is 16.8 Å². The standard InChI is InChI=1S/C15H14F2N2O3S2/c16-11-2-1-10(6-12(11)17)13-7-23-15(18-13)19-14(20)5-9-3-4-24(21,22)8-9/h1-2,6-7,9H,3-5,8H2,(H,18,19,20). The fourth-order valence-electron chi connectivity index (χ4n) is 2.58. The lowest BCUT2D eigenvalue weighted by atomic mass is 10.1. The number of anilines is 1. The Morgan fingerprint density at radius 1 is 1.33 bits per heavy atom. The number of halogens is 2. The SMILES string of the molecule is O=C(CC1CCS(=O)(=O)C1)Nc1nc(-c2ccc(F)c(F)c2)cs1. The highest BCUT2D eigenvalue weighted by atomic mass is 32.2. The van der Waals surface area contributed by atoms with E-state index >= 15 is 0 Å². The number of rotatable bonds is 4. The van der Waals surface area contributed by atoms with Crippen LogP contribution < -0.4 is 5.32 Å². The maximum atomic E-state index is 13.3. The molecule has 1 aromatic carbocycles. The number of thiazole rings is 1. The van der Waals surface area contributed by atoms with Crippen molar-refractivity contribution in [2.24, 2.45) is 5.92 Å². The maximum absolute atomic E-state index is 13.3. The van der Waals surface area contributed by atoms with Crippen molar-refractivity contribution in [3.8, 4) is 11.3 Å². The zero-order valence-corrected chi connectivity index (χ0v) is 14.1. The van der Waals surface area contributed by atoms with Crippen LogP contribution in [-0.2, 0) is 14.6 Å². The first kappa shape index (κ1) is 17.0.